The third kappa shape index (κ3) is 4.10. The summed E-state index contributed by atoms with van der Waals surface area (Å²) < 4.78 is 10.6. The van der Waals surface area contributed by atoms with Gasteiger partial charge in [-0.05, 0) is 17.7 Å². The van der Waals surface area contributed by atoms with Gasteiger partial charge in [-0.15, -0.1) is 0 Å². The van der Waals surface area contributed by atoms with Gasteiger partial charge in [-0.2, -0.15) is 0 Å². The van der Waals surface area contributed by atoms with Crippen LogP contribution in [-0.4, -0.2) is 50.9 Å². The minimum absolute atomic E-state index is 0.0793. The van der Waals surface area contributed by atoms with Crippen LogP contribution in [0.1, 0.15) is 11.7 Å². The number of ether oxygens (including phenoxy) is 2. The van der Waals surface area contributed by atoms with E-state index in [4.69, 9.17) is 21.1 Å². The number of nitrogens with zero attached hydrogens (tertiary/aromatic N) is 1. The normalized spacial score (nSPS) is 16.8. The molecule has 1 unspecified atom stereocenters. The predicted molar refractivity (Wildman–Crippen MR) is 77.0 cm³/mol. The zero-order valence-electron chi connectivity index (χ0n) is 11.5. The second kappa shape index (κ2) is 7.47. The van der Waals surface area contributed by atoms with Crippen LogP contribution in [0, 0.1) is 0 Å². The van der Waals surface area contributed by atoms with E-state index in [1.54, 1.807) is 12.0 Å². The summed E-state index contributed by atoms with van der Waals surface area (Å²) in [6, 6.07) is 7.35. The number of carbonyl (C=O) groups is 1. The monoisotopic (exact) mass is 298 g/mol. The largest absolute Gasteiger partial charge is 0.378 e. The van der Waals surface area contributed by atoms with Gasteiger partial charge in [0, 0.05) is 31.8 Å². The molecule has 0 radical (unpaired) electrons. The number of urea groups is 1. The number of amides is 2. The fraction of sp³-hybridized carbons (Fsp3) is 0.500. The third-order valence-electron chi connectivity index (χ3n) is 3.26. The third-order valence-corrected chi connectivity index (χ3v) is 3.52. The molecule has 1 aromatic carbocycles. The number of morpholine rings is 1. The lowest BCUT2D eigenvalue weighted by molar-refractivity contribution is 0.0508. The first-order valence-corrected chi connectivity index (χ1v) is 6.97. The Labute approximate surface area is 123 Å². The molecule has 1 N–H and O–H groups in total. The molecule has 2 rings (SSSR count). The number of rotatable bonds is 4. The predicted octanol–water partition coefficient (Wildman–Crippen LogP) is 2.07. The Morgan fingerprint density at radius 2 is 2.05 bits per heavy atom. The van der Waals surface area contributed by atoms with Gasteiger partial charge in [0.2, 0.25) is 0 Å². The first-order chi connectivity index (χ1) is 9.70. The quantitative estimate of drug-likeness (QED) is 0.926. The molecule has 20 heavy (non-hydrogen) atoms. The van der Waals surface area contributed by atoms with Gasteiger partial charge in [-0.3, -0.25) is 0 Å². The summed E-state index contributed by atoms with van der Waals surface area (Å²) >= 11 is 5.86. The molecule has 0 bridgehead atoms. The van der Waals surface area contributed by atoms with Crippen molar-refractivity contribution in [1.82, 2.24) is 10.2 Å². The van der Waals surface area contributed by atoms with Gasteiger partial charge in [0.05, 0.1) is 19.3 Å². The Hall–Kier alpha value is -1.30. The molecule has 1 fully saturated rings. The van der Waals surface area contributed by atoms with Crippen molar-refractivity contribution in [1.29, 1.82) is 0 Å². The number of carbonyl (C=O) groups excluding carboxylic acids is 1. The maximum absolute atomic E-state index is 12.0. The number of halogens is 1. The molecule has 2 amide bonds. The second-order valence-corrected chi connectivity index (χ2v) is 5.00. The highest BCUT2D eigenvalue weighted by molar-refractivity contribution is 6.30. The van der Waals surface area contributed by atoms with Crippen LogP contribution in [0.4, 0.5) is 4.79 Å². The zero-order chi connectivity index (χ0) is 14.4. The number of nitrogens with one attached hydrogen (secondary N) is 1. The lowest BCUT2D eigenvalue weighted by Gasteiger charge is -2.27. The number of benzene rings is 1. The van der Waals surface area contributed by atoms with Crippen molar-refractivity contribution in [2.75, 3.05) is 40.0 Å². The Morgan fingerprint density at radius 3 is 2.65 bits per heavy atom. The molecule has 1 atom stereocenters. The zero-order valence-corrected chi connectivity index (χ0v) is 12.2. The fourth-order valence-corrected chi connectivity index (χ4v) is 2.20. The average molecular weight is 299 g/mol. The molecular weight excluding hydrogens is 280 g/mol. The first kappa shape index (κ1) is 15.1. The van der Waals surface area contributed by atoms with E-state index in [-0.39, 0.29) is 12.1 Å². The fourth-order valence-electron chi connectivity index (χ4n) is 2.07. The van der Waals surface area contributed by atoms with Gasteiger partial charge in [0.15, 0.2) is 0 Å². The summed E-state index contributed by atoms with van der Waals surface area (Å²) in [5, 5.41) is 3.57. The summed E-state index contributed by atoms with van der Waals surface area (Å²) in [4.78, 5) is 13.7. The van der Waals surface area contributed by atoms with E-state index in [1.807, 2.05) is 24.3 Å². The van der Waals surface area contributed by atoms with E-state index in [1.165, 1.54) is 0 Å². The van der Waals surface area contributed by atoms with Crippen molar-refractivity contribution in [3.8, 4) is 0 Å². The van der Waals surface area contributed by atoms with Crippen molar-refractivity contribution in [3.05, 3.63) is 34.9 Å². The molecule has 0 aliphatic carbocycles. The van der Waals surface area contributed by atoms with E-state index >= 15 is 0 Å². The van der Waals surface area contributed by atoms with Gasteiger partial charge in [0.25, 0.3) is 0 Å². The van der Waals surface area contributed by atoms with Crippen molar-refractivity contribution in [2.24, 2.45) is 0 Å². The van der Waals surface area contributed by atoms with Gasteiger partial charge in [0.1, 0.15) is 0 Å². The van der Waals surface area contributed by atoms with Crippen molar-refractivity contribution in [2.45, 2.75) is 6.10 Å². The summed E-state index contributed by atoms with van der Waals surface area (Å²) in [6.07, 6.45) is -0.183. The van der Waals surface area contributed by atoms with Gasteiger partial charge < -0.3 is 19.7 Å². The molecule has 5 nitrogen and oxygen atoms in total. The Balaban J connectivity index is 1.86. The Bertz CT molecular complexity index is 433. The number of methoxy groups -OCH3 is 1. The molecule has 1 heterocycles. The first-order valence-electron chi connectivity index (χ1n) is 6.59. The van der Waals surface area contributed by atoms with Crippen LogP contribution in [0.15, 0.2) is 24.3 Å². The maximum Gasteiger partial charge on any atom is 0.317 e. The number of hydrogen-bond acceptors (Lipinski definition) is 3. The van der Waals surface area contributed by atoms with E-state index in [0.717, 1.165) is 5.56 Å². The standard InChI is InChI=1S/C14H19ClN2O3/c1-19-13(11-2-4-12(15)5-3-11)10-16-14(18)17-6-8-20-9-7-17/h2-5,13H,6-10H2,1H3,(H,16,18). The SMILES string of the molecule is COC(CNC(=O)N1CCOCC1)c1ccc(Cl)cc1. The summed E-state index contributed by atoms with van der Waals surface area (Å²) in [7, 11) is 1.63. The molecule has 0 spiro atoms. The molecule has 110 valence electrons. The van der Waals surface area contributed by atoms with Gasteiger partial charge in [-0.1, -0.05) is 23.7 Å². The Kier molecular flexibility index (Phi) is 5.64. The second-order valence-electron chi connectivity index (χ2n) is 4.56. The van der Waals surface area contributed by atoms with Crippen LogP contribution >= 0.6 is 11.6 Å². The summed E-state index contributed by atoms with van der Waals surface area (Å²) in [5.74, 6) is 0. The van der Waals surface area contributed by atoms with E-state index in [2.05, 4.69) is 5.32 Å². The van der Waals surface area contributed by atoms with Crippen LogP contribution < -0.4 is 5.32 Å². The summed E-state index contributed by atoms with van der Waals surface area (Å²) in [5.41, 5.74) is 0.985. The lowest BCUT2D eigenvalue weighted by Crippen LogP contribution is -2.47. The van der Waals surface area contributed by atoms with Crippen LogP contribution in [-0.2, 0) is 9.47 Å². The minimum atomic E-state index is -0.183. The van der Waals surface area contributed by atoms with Crippen LogP contribution in [0.25, 0.3) is 0 Å². The van der Waals surface area contributed by atoms with Crippen LogP contribution in [0.2, 0.25) is 5.02 Å². The molecule has 6 heteroatoms. The highest BCUT2D eigenvalue weighted by atomic mass is 35.5. The molecule has 1 aliphatic rings. The van der Waals surface area contributed by atoms with E-state index in [0.29, 0.717) is 37.9 Å². The molecule has 0 saturated carbocycles. The Morgan fingerprint density at radius 1 is 1.40 bits per heavy atom. The molecule has 0 aromatic heterocycles. The maximum atomic E-state index is 12.0. The number of hydrogen-bond donors (Lipinski definition) is 1. The van der Waals surface area contributed by atoms with Gasteiger partial charge in [-0.25, -0.2) is 4.79 Å². The van der Waals surface area contributed by atoms with E-state index in [9.17, 15) is 4.79 Å². The molecule has 1 aromatic rings. The average Bonchev–Trinajstić information content (AvgIpc) is 2.50. The highest BCUT2D eigenvalue weighted by Gasteiger charge is 2.18. The van der Waals surface area contributed by atoms with Crippen molar-refractivity contribution in [3.63, 3.8) is 0 Å². The topological polar surface area (TPSA) is 50.8 Å². The highest BCUT2D eigenvalue weighted by Crippen LogP contribution is 2.18. The van der Waals surface area contributed by atoms with Crippen molar-refractivity contribution < 1.29 is 14.3 Å². The van der Waals surface area contributed by atoms with Crippen molar-refractivity contribution >= 4 is 17.6 Å². The molecule has 1 aliphatic heterocycles. The van der Waals surface area contributed by atoms with E-state index < -0.39 is 0 Å². The smallest absolute Gasteiger partial charge is 0.317 e. The van der Waals surface area contributed by atoms with Crippen LogP contribution in [0.3, 0.4) is 0 Å². The minimum Gasteiger partial charge on any atom is -0.378 e. The van der Waals surface area contributed by atoms with Crippen LogP contribution in [0.5, 0.6) is 0 Å². The molecule has 1 saturated heterocycles. The summed E-state index contributed by atoms with van der Waals surface area (Å²) in [6.45, 7) is 2.87. The van der Waals surface area contributed by atoms with Gasteiger partial charge >= 0.3 is 6.03 Å². The molecular formula is C14H19ClN2O3. The lowest BCUT2D eigenvalue weighted by atomic mass is 10.1.